The van der Waals surface area contributed by atoms with Crippen molar-refractivity contribution in [3.63, 3.8) is 0 Å². The van der Waals surface area contributed by atoms with E-state index in [1.807, 2.05) is 61.5 Å². The Morgan fingerprint density at radius 1 is 0.963 bits per heavy atom. The van der Waals surface area contributed by atoms with Gasteiger partial charge in [-0.25, -0.2) is 0 Å². The highest BCUT2D eigenvalue weighted by molar-refractivity contribution is 6.04. The van der Waals surface area contributed by atoms with Crippen molar-refractivity contribution in [2.24, 2.45) is 0 Å². The summed E-state index contributed by atoms with van der Waals surface area (Å²) in [4.78, 5) is 18.7. The molecule has 0 saturated carbocycles. The van der Waals surface area contributed by atoms with E-state index in [1.165, 1.54) is 6.20 Å². The van der Waals surface area contributed by atoms with Gasteiger partial charge in [0.25, 0.3) is 5.91 Å². The second-order valence-electron chi connectivity index (χ2n) is 6.21. The van der Waals surface area contributed by atoms with E-state index in [4.69, 9.17) is 4.74 Å². The zero-order chi connectivity index (χ0) is 19.2. The van der Waals surface area contributed by atoms with Gasteiger partial charge in [-0.3, -0.25) is 9.78 Å². The lowest BCUT2D eigenvalue weighted by molar-refractivity contribution is 0.102. The predicted molar refractivity (Wildman–Crippen MR) is 109 cm³/mol. The summed E-state index contributed by atoms with van der Waals surface area (Å²) >= 11 is 0. The number of pyridine rings is 1. The average Bonchev–Trinajstić information content (AvgIpc) is 2.68. The van der Waals surface area contributed by atoms with Gasteiger partial charge in [0, 0.05) is 43.4 Å². The van der Waals surface area contributed by atoms with Gasteiger partial charge in [0.05, 0.1) is 24.6 Å². The molecule has 0 fully saturated rings. The first kappa shape index (κ1) is 18.3. The smallest absolute Gasteiger partial charge is 0.257 e. The fourth-order valence-electron chi connectivity index (χ4n) is 2.55. The van der Waals surface area contributed by atoms with Gasteiger partial charge in [0.2, 0.25) is 0 Å². The minimum absolute atomic E-state index is 0.234. The lowest BCUT2D eigenvalue weighted by Crippen LogP contribution is -2.12. The van der Waals surface area contributed by atoms with E-state index >= 15 is 0 Å². The molecule has 138 valence electrons. The molecule has 3 rings (SSSR count). The van der Waals surface area contributed by atoms with E-state index < -0.39 is 0 Å². The molecule has 6 heteroatoms. The molecule has 0 unspecified atom stereocenters. The number of carbonyl (C=O) groups excluding carboxylic acids is 1. The largest absolute Gasteiger partial charge is 0.497 e. The number of benzene rings is 2. The van der Waals surface area contributed by atoms with E-state index in [1.54, 1.807) is 25.4 Å². The maximum absolute atomic E-state index is 12.5. The van der Waals surface area contributed by atoms with Gasteiger partial charge in [-0.15, -0.1) is 0 Å². The number of nitrogens with zero attached hydrogens (tertiary/aromatic N) is 2. The summed E-state index contributed by atoms with van der Waals surface area (Å²) in [5.41, 5.74) is 3.91. The molecule has 0 radical (unpaired) electrons. The number of hydrogen-bond donors (Lipinski definition) is 2. The van der Waals surface area contributed by atoms with Gasteiger partial charge in [0.1, 0.15) is 5.75 Å². The number of methoxy groups -OCH3 is 1. The molecule has 2 aromatic carbocycles. The summed E-state index contributed by atoms with van der Waals surface area (Å²) in [5.74, 6) is 0.449. The van der Waals surface area contributed by atoms with Crippen LogP contribution in [0.15, 0.2) is 67.0 Å². The van der Waals surface area contributed by atoms with Gasteiger partial charge in [-0.1, -0.05) is 6.07 Å². The van der Waals surface area contributed by atoms with Crippen molar-refractivity contribution in [1.82, 2.24) is 4.98 Å². The van der Waals surface area contributed by atoms with Crippen LogP contribution in [0.25, 0.3) is 0 Å². The normalized spacial score (nSPS) is 10.2. The Morgan fingerprint density at radius 2 is 1.74 bits per heavy atom. The van der Waals surface area contributed by atoms with Crippen molar-refractivity contribution in [2.75, 3.05) is 36.7 Å². The van der Waals surface area contributed by atoms with E-state index in [0.29, 0.717) is 17.0 Å². The Labute approximate surface area is 158 Å². The molecule has 0 bridgehead atoms. The molecule has 3 aromatic rings. The highest BCUT2D eigenvalue weighted by Crippen LogP contribution is 2.21. The second-order valence-corrected chi connectivity index (χ2v) is 6.21. The van der Waals surface area contributed by atoms with Crippen molar-refractivity contribution >= 4 is 28.7 Å². The molecule has 0 aliphatic rings. The van der Waals surface area contributed by atoms with Crippen molar-refractivity contribution in [2.45, 2.75) is 0 Å². The minimum atomic E-state index is -0.234. The van der Waals surface area contributed by atoms with Crippen molar-refractivity contribution in [3.8, 4) is 5.75 Å². The number of rotatable bonds is 6. The van der Waals surface area contributed by atoms with Crippen LogP contribution in [0.1, 0.15) is 10.4 Å². The molecular weight excluding hydrogens is 340 g/mol. The monoisotopic (exact) mass is 362 g/mol. The summed E-state index contributed by atoms with van der Waals surface area (Å²) < 4.78 is 5.17. The van der Waals surface area contributed by atoms with Crippen LogP contribution in [0, 0.1) is 0 Å². The SMILES string of the molecule is COc1cccc(NC(=O)c2cncc(Nc3ccc(N(C)C)cc3)c2)c1. The third-order valence-corrected chi connectivity index (χ3v) is 4.00. The molecule has 0 atom stereocenters. The Bertz CT molecular complexity index is 923. The highest BCUT2D eigenvalue weighted by atomic mass is 16.5. The number of hydrogen-bond acceptors (Lipinski definition) is 5. The molecule has 1 heterocycles. The van der Waals surface area contributed by atoms with Gasteiger partial charge < -0.3 is 20.3 Å². The second kappa shape index (κ2) is 8.23. The molecule has 2 N–H and O–H groups in total. The molecule has 27 heavy (non-hydrogen) atoms. The number of carbonyl (C=O) groups is 1. The van der Waals surface area contributed by atoms with E-state index in [2.05, 4.69) is 15.6 Å². The summed E-state index contributed by atoms with van der Waals surface area (Å²) in [6.45, 7) is 0. The van der Waals surface area contributed by atoms with Crippen LogP contribution in [0.3, 0.4) is 0 Å². The Kier molecular flexibility index (Phi) is 5.56. The number of ether oxygens (including phenoxy) is 1. The average molecular weight is 362 g/mol. The number of anilines is 4. The zero-order valence-electron chi connectivity index (χ0n) is 15.6. The highest BCUT2D eigenvalue weighted by Gasteiger charge is 2.08. The first-order chi connectivity index (χ1) is 13.0. The first-order valence-corrected chi connectivity index (χ1v) is 8.50. The topological polar surface area (TPSA) is 66.5 Å². The van der Waals surface area contributed by atoms with Crippen LogP contribution in [-0.2, 0) is 0 Å². The molecule has 6 nitrogen and oxygen atoms in total. The lowest BCUT2D eigenvalue weighted by atomic mass is 10.2. The lowest BCUT2D eigenvalue weighted by Gasteiger charge is -2.13. The van der Waals surface area contributed by atoms with Crippen LogP contribution >= 0.6 is 0 Å². The van der Waals surface area contributed by atoms with E-state index in [9.17, 15) is 4.79 Å². The number of aromatic nitrogens is 1. The first-order valence-electron chi connectivity index (χ1n) is 8.50. The van der Waals surface area contributed by atoms with Crippen LogP contribution in [0.2, 0.25) is 0 Å². The van der Waals surface area contributed by atoms with Crippen molar-refractivity contribution in [1.29, 1.82) is 0 Å². The maximum Gasteiger partial charge on any atom is 0.257 e. The molecule has 1 aromatic heterocycles. The van der Waals surface area contributed by atoms with Gasteiger partial charge in [-0.2, -0.15) is 0 Å². The Balaban J connectivity index is 1.71. The van der Waals surface area contributed by atoms with Crippen LogP contribution < -0.4 is 20.3 Å². The summed E-state index contributed by atoms with van der Waals surface area (Å²) in [5, 5.41) is 6.12. The molecule has 0 aliphatic heterocycles. The summed E-state index contributed by atoms with van der Waals surface area (Å²) in [6.07, 6.45) is 3.22. The van der Waals surface area contributed by atoms with Crippen LogP contribution in [0.4, 0.5) is 22.7 Å². The molecule has 1 amide bonds. The minimum Gasteiger partial charge on any atom is -0.497 e. The summed E-state index contributed by atoms with van der Waals surface area (Å²) in [6, 6.07) is 17.0. The van der Waals surface area contributed by atoms with E-state index in [0.717, 1.165) is 17.1 Å². The fraction of sp³-hybridized carbons (Fsp3) is 0.143. The van der Waals surface area contributed by atoms with Gasteiger partial charge in [0.15, 0.2) is 0 Å². The third kappa shape index (κ3) is 4.76. The van der Waals surface area contributed by atoms with Crippen molar-refractivity contribution < 1.29 is 9.53 Å². The Hall–Kier alpha value is -3.54. The molecule has 0 aliphatic carbocycles. The molecule has 0 spiro atoms. The number of nitrogens with one attached hydrogen (secondary N) is 2. The van der Waals surface area contributed by atoms with Gasteiger partial charge in [-0.05, 0) is 42.5 Å². The standard InChI is InChI=1S/C21H22N4O2/c1-25(2)19-9-7-16(8-10-19)23-18-11-15(13-22-14-18)21(26)24-17-5-4-6-20(12-17)27-3/h4-14,23H,1-3H3,(H,24,26). The third-order valence-electron chi connectivity index (χ3n) is 4.00. The maximum atomic E-state index is 12.5. The van der Waals surface area contributed by atoms with E-state index in [-0.39, 0.29) is 5.91 Å². The molecule has 0 saturated heterocycles. The quantitative estimate of drug-likeness (QED) is 0.689. The summed E-state index contributed by atoms with van der Waals surface area (Å²) in [7, 11) is 5.58. The van der Waals surface area contributed by atoms with Gasteiger partial charge >= 0.3 is 0 Å². The number of amides is 1. The predicted octanol–water partition coefficient (Wildman–Crippen LogP) is 4.15. The Morgan fingerprint density at radius 3 is 2.44 bits per heavy atom. The van der Waals surface area contributed by atoms with Crippen molar-refractivity contribution in [3.05, 3.63) is 72.6 Å². The molecular formula is C21H22N4O2. The van der Waals surface area contributed by atoms with Crippen LogP contribution in [0.5, 0.6) is 5.75 Å². The zero-order valence-corrected chi connectivity index (χ0v) is 15.6. The van der Waals surface area contributed by atoms with Crippen LogP contribution in [-0.4, -0.2) is 32.1 Å². The fourth-order valence-corrected chi connectivity index (χ4v) is 2.55.